The number of aryl methyl sites for hydroxylation is 1. The van der Waals surface area contributed by atoms with Crippen molar-refractivity contribution in [3.05, 3.63) is 41.0 Å². The lowest BCUT2D eigenvalue weighted by Crippen LogP contribution is -2.28. The summed E-state index contributed by atoms with van der Waals surface area (Å²) in [6.07, 6.45) is 1.54. The van der Waals surface area contributed by atoms with Crippen LogP contribution in [0.15, 0.2) is 18.2 Å². The highest BCUT2D eigenvalue weighted by Crippen LogP contribution is 2.31. The van der Waals surface area contributed by atoms with Gasteiger partial charge in [-0.2, -0.15) is 4.37 Å². The standard InChI is InChI=1S/C16H19FN4OS/c1-3-15-19-16(23-20-15)18-14-6-7-21(10(2)22)9-11-8-12(17)4-5-13(11)14/h4-5,8,14H,3,6-7,9H2,1-2H3,(H,18,19,20)/t14-/m1/s1. The van der Waals surface area contributed by atoms with Crippen molar-refractivity contribution in [2.75, 3.05) is 11.9 Å². The highest BCUT2D eigenvalue weighted by Gasteiger charge is 2.24. The molecule has 122 valence electrons. The smallest absolute Gasteiger partial charge is 0.219 e. The van der Waals surface area contributed by atoms with E-state index in [0.29, 0.717) is 13.1 Å². The number of aromatic nitrogens is 2. The number of hydrogen-bond donors (Lipinski definition) is 1. The van der Waals surface area contributed by atoms with E-state index in [4.69, 9.17) is 0 Å². The first-order chi connectivity index (χ1) is 11.1. The molecule has 2 aromatic rings. The molecule has 0 bridgehead atoms. The molecule has 0 unspecified atom stereocenters. The van der Waals surface area contributed by atoms with Gasteiger partial charge in [0.2, 0.25) is 11.0 Å². The number of amides is 1. The molecule has 1 amide bonds. The zero-order valence-corrected chi connectivity index (χ0v) is 14.0. The third-order valence-corrected chi connectivity index (χ3v) is 4.74. The summed E-state index contributed by atoms with van der Waals surface area (Å²) in [6, 6.07) is 4.78. The van der Waals surface area contributed by atoms with E-state index in [1.807, 2.05) is 6.92 Å². The lowest BCUT2D eigenvalue weighted by molar-refractivity contribution is -0.129. The van der Waals surface area contributed by atoms with Gasteiger partial charge >= 0.3 is 0 Å². The van der Waals surface area contributed by atoms with Gasteiger partial charge < -0.3 is 10.2 Å². The molecule has 1 N–H and O–H groups in total. The van der Waals surface area contributed by atoms with Crippen molar-refractivity contribution in [3.8, 4) is 0 Å². The minimum Gasteiger partial charge on any atom is -0.353 e. The number of benzene rings is 1. The molecule has 23 heavy (non-hydrogen) atoms. The Morgan fingerprint density at radius 3 is 3.04 bits per heavy atom. The predicted octanol–water partition coefficient (Wildman–Crippen LogP) is 3.15. The average molecular weight is 334 g/mol. The number of nitrogens with zero attached hydrogens (tertiary/aromatic N) is 3. The van der Waals surface area contributed by atoms with Gasteiger partial charge in [0.25, 0.3) is 0 Å². The molecular weight excluding hydrogens is 315 g/mol. The largest absolute Gasteiger partial charge is 0.353 e. The second-order valence-corrected chi connectivity index (χ2v) is 6.39. The monoisotopic (exact) mass is 334 g/mol. The summed E-state index contributed by atoms with van der Waals surface area (Å²) < 4.78 is 17.9. The Kier molecular flexibility index (Phi) is 4.56. The third-order valence-electron chi connectivity index (χ3n) is 4.06. The van der Waals surface area contributed by atoms with Crippen LogP contribution < -0.4 is 5.32 Å². The van der Waals surface area contributed by atoms with E-state index in [2.05, 4.69) is 14.7 Å². The van der Waals surface area contributed by atoms with Crippen molar-refractivity contribution < 1.29 is 9.18 Å². The van der Waals surface area contributed by atoms with E-state index in [1.165, 1.54) is 23.7 Å². The van der Waals surface area contributed by atoms with Crippen LogP contribution in [0.2, 0.25) is 0 Å². The molecule has 1 aliphatic heterocycles. The van der Waals surface area contributed by atoms with Crippen LogP contribution in [0.3, 0.4) is 0 Å². The van der Waals surface area contributed by atoms with Crippen molar-refractivity contribution in [1.29, 1.82) is 0 Å². The molecule has 5 nitrogen and oxygen atoms in total. The molecule has 1 aromatic carbocycles. The van der Waals surface area contributed by atoms with Crippen LogP contribution in [-0.2, 0) is 17.8 Å². The van der Waals surface area contributed by atoms with Gasteiger partial charge in [0.15, 0.2) is 0 Å². The molecule has 0 aliphatic carbocycles. The van der Waals surface area contributed by atoms with Crippen molar-refractivity contribution in [2.45, 2.75) is 39.3 Å². The van der Waals surface area contributed by atoms with Crippen molar-refractivity contribution in [2.24, 2.45) is 0 Å². The second-order valence-electron chi connectivity index (χ2n) is 5.64. The lowest BCUT2D eigenvalue weighted by Gasteiger charge is -2.19. The first-order valence-corrected chi connectivity index (χ1v) is 8.47. The highest BCUT2D eigenvalue weighted by molar-refractivity contribution is 7.09. The van der Waals surface area contributed by atoms with Gasteiger partial charge in [-0.15, -0.1) is 0 Å². The molecule has 1 aliphatic rings. The molecule has 0 radical (unpaired) electrons. The number of hydrogen-bond acceptors (Lipinski definition) is 5. The molecule has 1 aromatic heterocycles. The van der Waals surface area contributed by atoms with E-state index in [1.54, 1.807) is 17.9 Å². The molecule has 0 saturated carbocycles. The van der Waals surface area contributed by atoms with Crippen molar-refractivity contribution >= 4 is 22.6 Å². The Labute approximate surface area is 138 Å². The van der Waals surface area contributed by atoms with Crippen molar-refractivity contribution in [1.82, 2.24) is 14.3 Å². The molecule has 7 heteroatoms. The highest BCUT2D eigenvalue weighted by atomic mass is 32.1. The fourth-order valence-corrected chi connectivity index (χ4v) is 3.50. The van der Waals surface area contributed by atoms with Crippen LogP contribution in [0, 0.1) is 5.82 Å². The normalized spacial score (nSPS) is 17.5. The van der Waals surface area contributed by atoms with E-state index in [9.17, 15) is 9.18 Å². The Morgan fingerprint density at radius 1 is 1.52 bits per heavy atom. The minimum atomic E-state index is -0.280. The lowest BCUT2D eigenvalue weighted by atomic mass is 9.99. The quantitative estimate of drug-likeness (QED) is 0.937. The number of nitrogens with one attached hydrogen (secondary N) is 1. The third kappa shape index (κ3) is 3.50. The van der Waals surface area contributed by atoms with E-state index in [0.717, 1.165) is 34.9 Å². The summed E-state index contributed by atoms with van der Waals surface area (Å²) in [5.74, 6) is 0.540. The fourth-order valence-electron chi connectivity index (χ4n) is 2.80. The average Bonchev–Trinajstić information content (AvgIpc) is 2.89. The van der Waals surface area contributed by atoms with Crippen LogP contribution in [0.1, 0.15) is 43.3 Å². The molecule has 0 fully saturated rings. The molecule has 3 rings (SSSR count). The topological polar surface area (TPSA) is 58.1 Å². The maximum Gasteiger partial charge on any atom is 0.219 e. The molecule has 2 heterocycles. The number of fused-ring (bicyclic) bond motifs is 1. The summed E-state index contributed by atoms with van der Waals surface area (Å²) in [7, 11) is 0. The zero-order chi connectivity index (χ0) is 16.4. The van der Waals surface area contributed by atoms with Gasteiger partial charge in [-0.05, 0) is 29.7 Å². The molecule has 0 saturated heterocycles. The van der Waals surface area contributed by atoms with E-state index in [-0.39, 0.29) is 17.8 Å². The van der Waals surface area contributed by atoms with Crippen LogP contribution in [0.25, 0.3) is 0 Å². The van der Waals surface area contributed by atoms with Gasteiger partial charge in [-0.25, -0.2) is 9.37 Å². The Hall–Kier alpha value is -2.02. The predicted molar refractivity (Wildman–Crippen MR) is 87.8 cm³/mol. The molecule has 1 atom stereocenters. The van der Waals surface area contributed by atoms with Gasteiger partial charge in [-0.1, -0.05) is 13.0 Å². The number of rotatable bonds is 3. The van der Waals surface area contributed by atoms with Gasteiger partial charge in [-0.3, -0.25) is 4.79 Å². The Bertz CT molecular complexity index is 718. The van der Waals surface area contributed by atoms with Gasteiger partial charge in [0.05, 0.1) is 6.04 Å². The zero-order valence-electron chi connectivity index (χ0n) is 13.2. The van der Waals surface area contributed by atoms with Crippen molar-refractivity contribution in [3.63, 3.8) is 0 Å². The SMILES string of the molecule is CCc1nsc(N[C@@H]2CCN(C(C)=O)Cc3cc(F)ccc32)n1. The summed E-state index contributed by atoms with van der Waals surface area (Å²) in [4.78, 5) is 17.9. The first kappa shape index (κ1) is 15.9. The summed E-state index contributed by atoms with van der Waals surface area (Å²) >= 11 is 1.33. The maximum atomic E-state index is 13.6. The van der Waals surface area contributed by atoms with E-state index >= 15 is 0 Å². The van der Waals surface area contributed by atoms with Gasteiger partial charge in [0, 0.05) is 38.0 Å². The number of halogens is 1. The second kappa shape index (κ2) is 6.62. The Morgan fingerprint density at radius 2 is 2.35 bits per heavy atom. The molecular formula is C16H19FN4OS. The van der Waals surface area contributed by atoms with Crippen LogP contribution in [-0.4, -0.2) is 26.7 Å². The first-order valence-electron chi connectivity index (χ1n) is 7.69. The maximum absolute atomic E-state index is 13.6. The summed E-state index contributed by atoms with van der Waals surface area (Å²) in [6.45, 7) is 4.63. The minimum absolute atomic E-state index is 0.00467. The Balaban J connectivity index is 1.90. The van der Waals surface area contributed by atoms with Crippen LogP contribution in [0.5, 0.6) is 0 Å². The fraction of sp³-hybridized carbons (Fsp3) is 0.438. The number of anilines is 1. The van der Waals surface area contributed by atoms with Crippen LogP contribution in [0.4, 0.5) is 9.52 Å². The summed E-state index contributed by atoms with van der Waals surface area (Å²) in [5.41, 5.74) is 1.86. The number of carbonyl (C=O) groups excluding carboxylic acids is 1. The number of carbonyl (C=O) groups is 1. The summed E-state index contributed by atoms with van der Waals surface area (Å²) in [5, 5.41) is 4.16. The van der Waals surface area contributed by atoms with Gasteiger partial charge in [0.1, 0.15) is 11.6 Å². The van der Waals surface area contributed by atoms with E-state index < -0.39 is 0 Å². The van der Waals surface area contributed by atoms with Crippen LogP contribution >= 0.6 is 11.5 Å². The molecule has 0 spiro atoms.